The fourth-order valence-electron chi connectivity index (χ4n) is 2.09. The summed E-state index contributed by atoms with van der Waals surface area (Å²) in [7, 11) is 0.288. The van der Waals surface area contributed by atoms with E-state index in [0.717, 1.165) is 0 Å². The lowest BCUT2D eigenvalue weighted by atomic mass is 10.3. The summed E-state index contributed by atoms with van der Waals surface area (Å²) in [6.07, 6.45) is 1.32. The Morgan fingerprint density at radius 2 is 2.05 bits per heavy atom. The molecule has 1 aromatic heterocycles. The van der Waals surface area contributed by atoms with Gasteiger partial charge in [0, 0.05) is 25.3 Å². The molecule has 1 rings (SSSR count). The van der Waals surface area contributed by atoms with E-state index in [4.69, 9.17) is 5.84 Å². The maximum absolute atomic E-state index is 12.6. The second-order valence-electron chi connectivity index (χ2n) is 4.84. The van der Waals surface area contributed by atoms with Crippen LogP contribution in [0.1, 0.15) is 13.8 Å². The van der Waals surface area contributed by atoms with Gasteiger partial charge in [-0.1, -0.05) is 6.92 Å². The van der Waals surface area contributed by atoms with Gasteiger partial charge in [0.1, 0.15) is 10.7 Å². The van der Waals surface area contributed by atoms with Gasteiger partial charge in [0.05, 0.1) is 0 Å². The van der Waals surface area contributed by atoms with E-state index < -0.39 is 10.0 Å². The third kappa shape index (κ3) is 3.89. The fraction of sp³-hybridized carbons (Fsp3) is 0.583. The van der Waals surface area contributed by atoms with Crippen molar-refractivity contribution in [2.24, 2.45) is 5.84 Å². The van der Waals surface area contributed by atoms with Crippen LogP contribution in [0.2, 0.25) is 0 Å². The maximum atomic E-state index is 12.6. The minimum Gasteiger partial charge on any atom is -0.308 e. The smallest absolute Gasteiger partial charge is 0.244 e. The van der Waals surface area contributed by atoms with E-state index >= 15 is 0 Å². The van der Waals surface area contributed by atoms with E-state index in [0.29, 0.717) is 18.9 Å². The fourth-order valence-corrected chi connectivity index (χ4v) is 3.67. The highest BCUT2D eigenvalue weighted by Crippen LogP contribution is 2.18. The molecule has 1 heterocycles. The largest absolute Gasteiger partial charge is 0.308 e. The van der Waals surface area contributed by atoms with E-state index in [1.807, 2.05) is 32.8 Å². The van der Waals surface area contributed by atoms with Crippen LogP contribution >= 0.6 is 0 Å². The summed E-state index contributed by atoms with van der Waals surface area (Å²) in [5.74, 6) is 5.64. The van der Waals surface area contributed by atoms with Gasteiger partial charge in [0.25, 0.3) is 0 Å². The highest BCUT2D eigenvalue weighted by atomic mass is 32.2. The van der Waals surface area contributed by atoms with Gasteiger partial charge in [-0.15, -0.1) is 0 Å². The van der Waals surface area contributed by atoms with Crippen molar-refractivity contribution in [1.82, 2.24) is 14.2 Å². The zero-order chi connectivity index (χ0) is 15.3. The predicted molar refractivity (Wildman–Crippen MR) is 79.6 cm³/mol. The molecule has 0 bridgehead atoms. The molecule has 0 aliphatic rings. The van der Waals surface area contributed by atoms with Crippen molar-refractivity contribution in [1.29, 1.82) is 0 Å². The zero-order valence-corrected chi connectivity index (χ0v) is 13.2. The van der Waals surface area contributed by atoms with E-state index in [1.165, 1.54) is 22.6 Å². The second kappa shape index (κ2) is 6.98. The molecule has 0 radical (unpaired) electrons. The Morgan fingerprint density at radius 1 is 1.40 bits per heavy atom. The first-order valence-corrected chi connectivity index (χ1v) is 7.86. The Bertz CT molecular complexity index is 515. The number of nitrogens with zero attached hydrogens (tertiary/aromatic N) is 3. The van der Waals surface area contributed by atoms with E-state index in [9.17, 15) is 8.42 Å². The Morgan fingerprint density at radius 3 is 2.45 bits per heavy atom. The number of pyridine rings is 1. The van der Waals surface area contributed by atoms with Crippen LogP contribution < -0.4 is 11.3 Å². The molecule has 7 nitrogen and oxygen atoms in total. The van der Waals surface area contributed by atoms with Crippen LogP contribution in [0.5, 0.6) is 0 Å². The van der Waals surface area contributed by atoms with Crippen molar-refractivity contribution < 1.29 is 8.42 Å². The number of sulfonamides is 1. The third-order valence-electron chi connectivity index (χ3n) is 2.92. The summed E-state index contributed by atoms with van der Waals surface area (Å²) < 4.78 is 26.7. The summed E-state index contributed by atoms with van der Waals surface area (Å²) in [6, 6.07) is 2.92. The Labute approximate surface area is 120 Å². The minimum absolute atomic E-state index is 0.118. The van der Waals surface area contributed by atoms with Crippen LogP contribution in [-0.2, 0) is 10.0 Å². The van der Waals surface area contributed by atoms with Crippen LogP contribution in [0.3, 0.4) is 0 Å². The maximum Gasteiger partial charge on any atom is 0.244 e. The third-order valence-corrected chi connectivity index (χ3v) is 5.00. The topological polar surface area (TPSA) is 91.6 Å². The number of aromatic nitrogens is 1. The molecule has 20 heavy (non-hydrogen) atoms. The second-order valence-corrected chi connectivity index (χ2v) is 6.73. The number of likely N-dealkylation sites (N-methyl/N-ethyl adjacent to an activating group) is 2. The molecule has 0 fully saturated rings. The number of rotatable bonds is 7. The van der Waals surface area contributed by atoms with Gasteiger partial charge in [-0.2, -0.15) is 4.31 Å². The highest BCUT2D eigenvalue weighted by molar-refractivity contribution is 7.89. The van der Waals surface area contributed by atoms with Crippen molar-refractivity contribution >= 4 is 15.8 Å². The van der Waals surface area contributed by atoms with Crippen molar-refractivity contribution in [3.05, 3.63) is 18.3 Å². The molecule has 1 aromatic rings. The molecule has 3 N–H and O–H groups in total. The van der Waals surface area contributed by atoms with Gasteiger partial charge in [-0.25, -0.2) is 19.2 Å². The molecule has 1 unspecified atom stereocenters. The average Bonchev–Trinajstić information content (AvgIpc) is 2.38. The van der Waals surface area contributed by atoms with E-state index in [1.54, 1.807) is 0 Å². The van der Waals surface area contributed by atoms with Gasteiger partial charge < -0.3 is 10.3 Å². The molecular weight excluding hydrogens is 278 g/mol. The van der Waals surface area contributed by atoms with Crippen molar-refractivity contribution in [2.75, 3.05) is 32.6 Å². The lowest BCUT2D eigenvalue weighted by Gasteiger charge is -2.29. The molecule has 1 atom stereocenters. The van der Waals surface area contributed by atoms with Gasteiger partial charge in [0.15, 0.2) is 0 Å². The molecule has 0 aromatic carbocycles. The summed E-state index contributed by atoms with van der Waals surface area (Å²) >= 11 is 0. The molecule has 114 valence electrons. The molecular formula is C12H23N5O2S. The van der Waals surface area contributed by atoms with Crippen LogP contribution in [0.25, 0.3) is 0 Å². The van der Waals surface area contributed by atoms with Crippen molar-refractivity contribution in [2.45, 2.75) is 24.8 Å². The van der Waals surface area contributed by atoms with Crippen LogP contribution in [-0.4, -0.2) is 55.8 Å². The monoisotopic (exact) mass is 301 g/mol. The summed E-state index contributed by atoms with van der Waals surface area (Å²) in [4.78, 5) is 6.08. The Hall–Kier alpha value is -1.22. The number of anilines is 1. The van der Waals surface area contributed by atoms with Gasteiger partial charge in [-0.05, 0) is 33.2 Å². The SMILES string of the molecule is CCN(C(C)CN(C)C)S(=O)(=O)c1ccc(NN)nc1. The Kier molecular flexibility index (Phi) is 5.88. The number of hydrazine groups is 1. The minimum atomic E-state index is -3.55. The molecule has 0 saturated carbocycles. The molecule has 0 aliphatic carbocycles. The first-order valence-electron chi connectivity index (χ1n) is 6.42. The zero-order valence-electron chi connectivity index (χ0n) is 12.4. The van der Waals surface area contributed by atoms with E-state index in [-0.39, 0.29) is 10.9 Å². The molecule has 0 spiro atoms. The summed E-state index contributed by atoms with van der Waals surface area (Å²) in [5.41, 5.74) is 2.37. The van der Waals surface area contributed by atoms with Crippen LogP contribution in [0, 0.1) is 0 Å². The van der Waals surface area contributed by atoms with Gasteiger partial charge in [-0.3, -0.25) is 0 Å². The predicted octanol–water partition coefficient (Wildman–Crippen LogP) is 0.328. The lowest BCUT2D eigenvalue weighted by Crippen LogP contribution is -2.43. The summed E-state index contributed by atoms with van der Waals surface area (Å²) in [5, 5.41) is 0. The number of nitrogens with two attached hydrogens (primary N) is 1. The van der Waals surface area contributed by atoms with Gasteiger partial charge in [0.2, 0.25) is 10.0 Å². The summed E-state index contributed by atoms with van der Waals surface area (Å²) in [6.45, 7) is 4.79. The number of nitrogen functional groups attached to an aromatic ring is 1. The number of hydrogen-bond donors (Lipinski definition) is 2. The molecule has 8 heteroatoms. The standard InChI is InChI=1S/C12H23N5O2S/c1-5-17(10(2)9-16(3)4)20(18,19)11-6-7-12(15-13)14-8-11/h6-8,10H,5,9,13H2,1-4H3,(H,14,15). The normalized spacial score (nSPS) is 13.8. The molecule has 0 amide bonds. The number of hydrogen-bond acceptors (Lipinski definition) is 6. The first-order chi connectivity index (χ1) is 9.32. The van der Waals surface area contributed by atoms with E-state index in [2.05, 4.69) is 10.4 Å². The Balaban J connectivity index is 3.04. The van der Waals surface area contributed by atoms with Crippen LogP contribution in [0.4, 0.5) is 5.82 Å². The van der Waals surface area contributed by atoms with Gasteiger partial charge >= 0.3 is 0 Å². The molecule has 0 aliphatic heterocycles. The molecule has 0 saturated heterocycles. The lowest BCUT2D eigenvalue weighted by molar-refractivity contribution is 0.271. The average molecular weight is 301 g/mol. The highest BCUT2D eigenvalue weighted by Gasteiger charge is 2.28. The van der Waals surface area contributed by atoms with Crippen molar-refractivity contribution in [3.8, 4) is 0 Å². The van der Waals surface area contributed by atoms with Crippen molar-refractivity contribution in [3.63, 3.8) is 0 Å². The quantitative estimate of drug-likeness (QED) is 0.557. The number of nitrogens with one attached hydrogen (secondary N) is 1. The van der Waals surface area contributed by atoms with Crippen LogP contribution in [0.15, 0.2) is 23.2 Å². The first kappa shape index (κ1) is 16.8.